The number of benzene rings is 1. The van der Waals surface area contributed by atoms with Crippen LogP contribution < -0.4 is 0 Å². The van der Waals surface area contributed by atoms with Crippen molar-refractivity contribution >= 4 is 27.4 Å². The van der Waals surface area contributed by atoms with Crippen LogP contribution in [0.2, 0.25) is 5.02 Å². The standard InChI is InChI=1S/C12H12ClNO4S/c1-12(2,7-14)19(16,17)10-5-8(11(15)18-3)4-9(13)6-10/h4-6H,1-3H3. The Balaban J connectivity index is 3.50. The van der Waals surface area contributed by atoms with Crippen LogP contribution in [0.15, 0.2) is 23.1 Å². The predicted octanol–water partition coefficient (Wildman–Crippen LogP) is 2.20. The minimum absolute atomic E-state index is 0.0160. The Kier molecular flexibility index (Phi) is 4.23. The molecule has 0 N–H and O–H groups in total. The summed E-state index contributed by atoms with van der Waals surface area (Å²) in [6, 6.07) is 5.35. The maximum atomic E-state index is 12.3. The number of nitriles is 1. The van der Waals surface area contributed by atoms with E-state index in [1.807, 2.05) is 0 Å². The first kappa shape index (κ1) is 15.5. The first-order valence-electron chi connectivity index (χ1n) is 5.20. The number of ether oxygens (including phenoxy) is 1. The van der Waals surface area contributed by atoms with Gasteiger partial charge in [-0.05, 0) is 32.0 Å². The van der Waals surface area contributed by atoms with Gasteiger partial charge in [-0.15, -0.1) is 0 Å². The summed E-state index contributed by atoms with van der Waals surface area (Å²) in [5.74, 6) is -0.700. The van der Waals surface area contributed by atoms with Gasteiger partial charge >= 0.3 is 5.97 Å². The first-order valence-corrected chi connectivity index (χ1v) is 7.06. The van der Waals surface area contributed by atoms with Crippen molar-refractivity contribution in [3.63, 3.8) is 0 Å². The molecule has 0 saturated carbocycles. The zero-order chi connectivity index (χ0) is 14.8. The highest BCUT2D eigenvalue weighted by atomic mass is 35.5. The van der Waals surface area contributed by atoms with Gasteiger partial charge in [-0.25, -0.2) is 13.2 Å². The molecule has 0 aliphatic rings. The van der Waals surface area contributed by atoms with Gasteiger partial charge in [0.1, 0.15) is 0 Å². The lowest BCUT2D eigenvalue weighted by molar-refractivity contribution is 0.0600. The van der Waals surface area contributed by atoms with Crippen LogP contribution in [0.25, 0.3) is 0 Å². The molecule has 0 aromatic heterocycles. The van der Waals surface area contributed by atoms with E-state index in [2.05, 4.69) is 4.74 Å². The molecule has 0 unspecified atom stereocenters. The summed E-state index contributed by atoms with van der Waals surface area (Å²) in [7, 11) is -2.75. The second-order valence-electron chi connectivity index (χ2n) is 4.29. The topological polar surface area (TPSA) is 84.2 Å². The molecule has 102 valence electrons. The number of nitrogens with zero attached hydrogens (tertiary/aromatic N) is 1. The summed E-state index contributed by atoms with van der Waals surface area (Å²) in [5, 5.41) is 9.01. The van der Waals surface area contributed by atoms with Crippen molar-refractivity contribution in [3.8, 4) is 6.07 Å². The SMILES string of the molecule is COC(=O)c1cc(Cl)cc(S(=O)(=O)C(C)(C)C#N)c1. The number of rotatable bonds is 3. The van der Waals surface area contributed by atoms with Gasteiger partial charge in [0.05, 0.1) is 23.6 Å². The van der Waals surface area contributed by atoms with E-state index >= 15 is 0 Å². The molecule has 0 amide bonds. The molecule has 0 spiro atoms. The summed E-state index contributed by atoms with van der Waals surface area (Å²) in [5.41, 5.74) is 0.0160. The minimum Gasteiger partial charge on any atom is -0.465 e. The fourth-order valence-electron chi connectivity index (χ4n) is 1.31. The van der Waals surface area contributed by atoms with Crippen LogP contribution in [-0.4, -0.2) is 26.2 Å². The zero-order valence-corrected chi connectivity index (χ0v) is 12.2. The molecule has 0 saturated heterocycles. The van der Waals surface area contributed by atoms with Crippen molar-refractivity contribution in [2.45, 2.75) is 23.5 Å². The number of halogens is 1. The van der Waals surface area contributed by atoms with Gasteiger partial charge in [0.15, 0.2) is 14.6 Å². The summed E-state index contributed by atoms with van der Waals surface area (Å²) in [6.45, 7) is 2.56. The van der Waals surface area contributed by atoms with Crippen LogP contribution >= 0.6 is 11.6 Å². The molecule has 0 aliphatic heterocycles. The summed E-state index contributed by atoms with van der Waals surface area (Å²) in [4.78, 5) is 11.2. The summed E-state index contributed by atoms with van der Waals surface area (Å²) >= 11 is 5.80. The van der Waals surface area contributed by atoms with Crippen molar-refractivity contribution in [2.24, 2.45) is 0 Å². The Morgan fingerprint density at radius 3 is 2.42 bits per heavy atom. The minimum atomic E-state index is -3.93. The quantitative estimate of drug-likeness (QED) is 0.799. The smallest absolute Gasteiger partial charge is 0.337 e. The van der Waals surface area contributed by atoms with E-state index in [9.17, 15) is 13.2 Å². The summed E-state index contributed by atoms with van der Waals surface area (Å²) in [6.07, 6.45) is 0. The number of hydrogen-bond donors (Lipinski definition) is 0. The number of hydrogen-bond acceptors (Lipinski definition) is 5. The second kappa shape index (κ2) is 5.19. The molecule has 0 fully saturated rings. The second-order valence-corrected chi connectivity index (χ2v) is 7.23. The van der Waals surface area contributed by atoms with E-state index in [1.54, 1.807) is 6.07 Å². The van der Waals surface area contributed by atoms with Gasteiger partial charge in [-0.3, -0.25) is 0 Å². The molecule has 0 radical (unpaired) electrons. The Bertz CT molecular complexity index is 659. The molecular weight excluding hydrogens is 290 g/mol. The molecule has 5 nitrogen and oxygen atoms in total. The van der Waals surface area contributed by atoms with E-state index < -0.39 is 20.6 Å². The number of methoxy groups -OCH3 is 1. The number of esters is 1. The van der Waals surface area contributed by atoms with Gasteiger partial charge < -0.3 is 4.74 Å². The lowest BCUT2D eigenvalue weighted by Crippen LogP contribution is -2.30. The van der Waals surface area contributed by atoms with Crippen LogP contribution in [0.4, 0.5) is 0 Å². The maximum absolute atomic E-state index is 12.3. The van der Waals surface area contributed by atoms with Crippen LogP contribution in [0, 0.1) is 11.3 Å². The lowest BCUT2D eigenvalue weighted by Gasteiger charge is -2.17. The van der Waals surface area contributed by atoms with Crippen molar-refractivity contribution < 1.29 is 17.9 Å². The van der Waals surface area contributed by atoms with E-state index in [1.165, 1.54) is 33.1 Å². The molecule has 0 atom stereocenters. The molecule has 1 aromatic rings. The van der Waals surface area contributed by atoms with E-state index in [0.717, 1.165) is 6.07 Å². The molecule has 0 heterocycles. The van der Waals surface area contributed by atoms with Gasteiger partial charge in [0, 0.05) is 5.02 Å². The van der Waals surface area contributed by atoms with Gasteiger partial charge in [0.2, 0.25) is 0 Å². The number of carbonyl (C=O) groups is 1. The highest BCUT2D eigenvalue weighted by Crippen LogP contribution is 2.28. The fraction of sp³-hybridized carbons (Fsp3) is 0.333. The van der Waals surface area contributed by atoms with Crippen LogP contribution in [0.5, 0.6) is 0 Å². The fourth-order valence-corrected chi connectivity index (χ4v) is 2.88. The summed E-state index contributed by atoms with van der Waals surface area (Å²) < 4.78 is 27.4. The van der Waals surface area contributed by atoms with E-state index in [4.69, 9.17) is 16.9 Å². The molecular formula is C12H12ClNO4S. The van der Waals surface area contributed by atoms with Crippen LogP contribution in [-0.2, 0) is 14.6 Å². The van der Waals surface area contributed by atoms with Gasteiger partial charge in [-0.1, -0.05) is 11.6 Å². The normalized spacial score (nSPS) is 11.7. The van der Waals surface area contributed by atoms with Crippen molar-refractivity contribution in [1.82, 2.24) is 0 Å². The Hall–Kier alpha value is -1.58. The average molecular weight is 302 g/mol. The number of sulfone groups is 1. The average Bonchev–Trinajstić information content (AvgIpc) is 2.36. The Morgan fingerprint density at radius 2 is 1.95 bits per heavy atom. The highest BCUT2D eigenvalue weighted by molar-refractivity contribution is 7.93. The molecule has 19 heavy (non-hydrogen) atoms. The predicted molar refractivity (Wildman–Crippen MR) is 69.7 cm³/mol. The van der Waals surface area contributed by atoms with Crippen molar-refractivity contribution in [2.75, 3.05) is 7.11 Å². The van der Waals surface area contributed by atoms with E-state index in [-0.39, 0.29) is 15.5 Å². The third kappa shape index (κ3) is 2.88. The first-order chi connectivity index (χ1) is 8.65. The molecule has 0 bridgehead atoms. The van der Waals surface area contributed by atoms with Crippen LogP contribution in [0.1, 0.15) is 24.2 Å². The molecule has 7 heteroatoms. The third-order valence-electron chi connectivity index (χ3n) is 2.54. The highest BCUT2D eigenvalue weighted by Gasteiger charge is 2.36. The monoisotopic (exact) mass is 301 g/mol. The Labute approximate surface area is 116 Å². The van der Waals surface area contributed by atoms with Gasteiger partial charge in [-0.2, -0.15) is 5.26 Å². The van der Waals surface area contributed by atoms with E-state index in [0.29, 0.717) is 0 Å². The van der Waals surface area contributed by atoms with Crippen molar-refractivity contribution in [3.05, 3.63) is 28.8 Å². The molecule has 0 aliphatic carbocycles. The number of carbonyl (C=O) groups excluding carboxylic acids is 1. The Morgan fingerprint density at radius 1 is 1.37 bits per heavy atom. The third-order valence-corrected chi connectivity index (χ3v) is 5.05. The van der Waals surface area contributed by atoms with Crippen LogP contribution in [0.3, 0.4) is 0 Å². The lowest BCUT2D eigenvalue weighted by atomic mass is 10.2. The molecule has 1 rings (SSSR count). The molecule has 1 aromatic carbocycles. The van der Waals surface area contributed by atoms with Gasteiger partial charge in [0.25, 0.3) is 0 Å². The zero-order valence-electron chi connectivity index (χ0n) is 10.6. The maximum Gasteiger partial charge on any atom is 0.337 e. The largest absolute Gasteiger partial charge is 0.465 e. The van der Waals surface area contributed by atoms with Crippen molar-refractivity contribution in [1.29, 1.82) is 5.26 Å².